The van der Waals surface area contributed by atoms with Crippen LogP contribution in [0.3, 0.4) is 0 Å². The summed E-state index contributed by atoms with van der Waals surface area (Å²) in [6.07, 6.45) is 0.912. The lowest BCUT2D eigenvalue weighted by Crippen LogP contribution is -2.03. The highest BCUT2D eigenvalue weighted by atomic mass is 16.6. The number of aliphatic imine (C=N–C) groups is 1. The molecule has 1 heterocycles. The molecule has 98 valence electrons. The first-order valence-corrected chi connectivity index (χ1v) is 5.74. The van der Waals surface area contributed by atoms with Crippen molar-refractivity contribution in [2.75, 3.05) is 6.61 Å². The zero-order valence-corrected chi connectivity index (χ0v) is 10.4. The van der Waals surface area contributed by atoms with Crippen molar-refractivity contribution in [3.63, 3.8) is 0 Å². The number of aromatic nitrogens is 1. The van der Waals surface area contributed by atoms with Gasteiger partial charge in [0.2, 0.25) is 11.6 Å². The minimum absolute atomic E-state index is 0.0161. The zero-order valence-electron chi connectivity index (χ0n) is 10.4. The molecule has 1 aromatic carbocycles. The predicted octanol–water partition coefficient (Wildman–Crippen LogP) is 1.87. The summed E-state index contributed by atoms with van der Waals surface area (Å²) in [5.74, 6) is -0.242. The van der Waals surface area contributed by atoms with Gasteiger partial charge in [0.25, 0.3) is 0 Å². The van der Waals surface area contributed by atoms with Gasteiger partial charge in [0, 0.05) is 5.56 Å². The number of rotatable bonds is 4. The van der Waals surface area contributed by atoms with Gasteiger partial charge in [-0.05, 0) is 19.1 Å². The van der Waals surface area contributed by atoms with E-state index in [9.17, 15) is 4.79 Å². The molecule has 0 aliphatic heterocycles. The maximum absolute atomic E-state index is 11.7. The second-order valence-corrected chi connectivity index (χ2v) is 3.54. The quantitative estimate of drug-likeness (QED) is 0.668. The average molecular weight is 259 g/mol. The maximum atomic E-state index is 11.7. The lowest BCUT2D eigenvalue weighted by molar-refractivity contribution is 0.0992. The number of benzene rings is 1. The van der Waals surface area contributed by atoms with Crippen LogP contribution in [0.4, 0.5) is 0 Å². The molecule has 6 nitrogen and oxygen atoms in total. The van der Waals surface area contributed by atoms with E-state index in [2.05, 4.69) is 9.98 Å². The van der Waals surface area contributed by atoms with E-state index in [0.717, 1.165) is 11.9 Å². The Bertz CT molecular complexity index is 590. The second kappa shape index (κ2) is 5.81. The van der Waals surface area contributed by atoms with Crippen LogP contribution in [0.5, 0.6) is 5.95 Å². The van der Waals surface area contributed by atoms with E-state index in [4.69, 9.17) is 14.9 Å². The van der Waals surface area contributed by atoms with Gasteiger partial charge in [-0.2, -0.15) is 9.98 Å². The van der Waals surface area contributed by atoms with E-state index in [1.807, 2.05) is 30.3 Å². The van der Waals surface area contributed by atoms with Crippen molar-refractivity contribution in [2.45, 2.75) is 6.92 Å². The summed E-state index contributed by atoms with van der Waals surface area (Å²) >= 11 is 0. The van der Waals surface area contributed by atoms with Crippen LogP contribution >= 0.6 is 0 Å². The Morgan fingerprint density at radius 2 is 2.21 bits per heavy atom. The van der Waals surface area contributed by atoms with Gasteiger partial charge in [0.15, 0.2) is 0 Å². The van der Waals surface area contributed by atoms with E-state index in [1.54, 1.807) is 6.92 Å². The van der Waals surface area contributed by atoms with Gasteiger partial charge in [-0.15, -0.1) is 0 Å². The van der Waals surface area contributed by atoms with Gasteiger partial charge >= 0.3 is 11.9 Å². The Hall–Kier alpha value is -2.63. The smallest absolute Gasteiger partial charge is 0.319 e. The molecule has 0 bridgehead atoms. The normalized spacial score (nSPS) is 10.8. The molecule has 2 N–H and O–H groups in total. The number of amides is 1. The molecule has 2 aromatic rings. The van der Waals surface area contributed by atoms with Gasteiger partial charge < -0.3 is 14.9 Å². The van der Waals surface area contributed by atoms with E-state index < -0.39 is 5.91 Å². The molecule has 2 rings (SSSR count). The van der Waals surface area contributed by atoms with Crippen LogP contribution in [0.25, 0.3) is 11.5 Å². The fourth-order valence-electron chi connectivity index (χ4n) is 1.50. The topological polar surface area (TPSA) is 90.7 Å². The zero-order chi connectivity index (χ0) is 13.7. The van der Waals surface area contributed by atoms with Crippen LogP contribution in [0, 0.1) is 0 Å². The summed E-state index contributed by atoms with van der Waals surface area (Å²) < 4.78 is 10.7. The van der Waals surface area contributed by atoms with E-state index >= 15 is 0 Å². The third-order valence-corrected chi connectivity index (χ3v) is 2.29. The molecule has 1 amide bonds. The number of hydrogen-bond acceptors (Lipinski definition) is 4. The summed E-state index contributed by atoms with van der Waals surface area (Å²) in [5, 5.41) is 0. The maximum Gasteiger partial charge on any atom is 0.319 e. The lowest BCUT2D eigenvalue weighted by Gasteiger charge is -1.97. The Kier molecular flexibility index (Phi) is 3.92. The third kappa shape index (κ3) is 2.79. The SMILES string of the molecule is CCOc1oc(-c2ccccc2)nc1C(=O)N=CN. The average Bonchev–Trinajstić information content (AvgIpc) is 2.85. The Morgan fingerprint density at radius 1 is 1.47 bits per heavy atom. The molecule has 0 unspecified atom stereocenters. The molecule has 0 saturated carbocycles. The minimum Gasteiger partial charge on any atom is -0.464 e. The molecular formula is C13H13N3O3. The monoisotopic (exact) mass is 259 g/mol. The molecule has 19 heavy (non-hydrogen) atoms. The first-order valence-electron chi connectivity index (χ1n) is 5.74. The summed E-state index contributed by atoms with van der Waals surface area (Å²) in [7, 11) is 0. The van der Waals surface area contributed by atoms with Gasteiger partial charge in [0.1, 0.15) is 0 Å². The summed E-state index contributed by atoms with van der Waals surface area (Å²) in [4.78, 5) is 19.3. The molecule has 0 fully saturated rings. The Balaban J connectivity index is 2.43. The van der Waals surface area contributed by atoms with Crippen molar-refractivity contribution >= 4 is 12.2 Å². The van der Waals surface area contributed by atoms with Crippen molar-refractivity contribution < 1.29 is 13.9 Å². The molecule has 0 aliphatic rings. The molecule has 6 heteroatoms. The second-order valence-electron chi connectivity index (χ2n) is 3.54. The highest BCUT2D eigenvalue weighted by molar-refractivity contribution is 5.99. The first kappa shape index (κ1) is 12.8. The van der Waals surface area contributed by atoms with Crippen molar-refractivity contribution in [1.29, 1.82) is 0 Å². The predicted molar refractivity (Wildman–Crippen MR) is 70.1 cm³/mol. The third-order valence-electron chi connectivity index (χ3n) is 2.29. The van der Waals surface area contributed by atoms with Gasteiger partial charge in [-0.25, -0.2) is 0 Å². The molecular weight excluding hydrogens is 246 g/mol. The van der Waals surface area contributed by atoms with Crippen molar-refractivity contribution in [1.82, 2.24) is 4.98 Å². The van der Waals surface area contributed by atoms with Crippen LogP contribution in [-0.4, -0.2) is 23.8 Å². The van der Waals surface area contributed by atoms with Crippen LogP contribution in [0.15, 0.2) is 39.7 Å². The number of carbonyl (C=O) groups is 1. The fourth-order valence-corrected chi connectivity index (χ4v) is 1.50. The number of oxazole rings is 1. The number of ether oxygens (including phenoxy) is 1. The minimum atomic E-state index is -0.600. The van der Waals surface area contributed by atoms with Crippen LogP contribution in [0.1, 0.15) is 17.4 Å². The molecule has 0 aliphatic carbocycles. The Morgan fingerprint density at radius 3 is 2.84 bits per heavy atom. The number of hydrogen-bond donors (Lipinski definition) is 1. The van der Waals surface area contributed by atoms with Gasteiger partial charge in [-0.3, -0.25) is 4.79 Å². The highest BCUT2D eigenvalue weighted by Crippen LogP contribution is 2.27. The van der Waals surface area contributed by atoms with Crippen LogP contribution in [-0.2, 0) is 0 Å². The van der Waals surface area contributed by atoms with Crippen LogP contribution < -0.4 is 10.5 Å². The number of carbonyl (C=O) groups excluding carboxylic acids is 1. The van der Waals surface area contributed by atoms with E-state index in [-0.39, 0.29) is 11.6 Å². The standard InChI is InChI=1S/C13H13N3O3/c1-2-18-13-10(11(17)15-8-14)16-12(19-13)9-6-4-3-5-7-9/h3-8H,2H2,1H3,(H2,14,15,17). The molecule has 1 aromatic heterocycles. The molecule has 0 saturated heterocycles. The fraction of sp³-hybridized carbons (Fsp3) is 0.154. The highest BCUT2D eigenvalue weighted by Gasteiger charge is 2.21. The van der Waals surface area contributed by atoms with Crippen molar-refractivity contribution in [2.24, 2.45) is 10.7 Å². The molecule has 0 atom stereocenters. The van der Waals surface area contributed by atoms with Crippen molar-refractivity contribution in [3.05, 3.63) is 36.0 Å². The van der Waals surface area contributed by atoms with Gasteiger partial charge in [-0.1, -0.05) is 18.2 Å². The Labute approximate surface area is 109 Å². The van der Waals surface area contributed by atoms with Crippen molar-refractivity contribution in [3.8, 4) is 17.4 Å². The van der Waals surface area contributed by atoms with E-state index in [1.165, 1.54) is 0 Å². The molecule has 0 radical (unpaired) electrons. The summed E-state index contributed by atoms with van der Waals surface area (Å²) in [6, 6.07) is 9.21. The summed E-state index contributed by atoms with van der Waals surface area (Å²) in [5.41, 5.74) is 5.86. The number of nitrogens with zero attached hydrogens (tertiary/aromatic N) is 2. The molecule has 0 spiro atoms. The number of nitrogens with two attached hydrogens (primary N) is 1. The largest absolute Gasteiger partial charge is 0.464 e. The van der Waals surface area contributed by atoms with E-state index in [0.29, 0.717) is 12.5 Å². The first-order chi connectivity index (χ1) is 9.26. The lowest BCUT2D eigenvalue weighted by atomic mass is 10.2. The van der Waals surface area contributed by atoms with Crippen LogP contribution in [0.2, 0.25) is 0 Å². The summed E-state index contributed by atoms with van der Waals surface area (Å²) in [6.45, 7) is 2.14. The van der Waals surface area contributed by atoms with Gasteiger partial charge in [0.05, 0.1) is 12.9 Å².